The van der Waals surface area contributed by atoms with Crippen LogP contribution in [0.5, 0.6) is 0 Å². The fourth-order valence-corrected chi connectivity index (χ4v) is 6.91. The zero-order valence-corrected chi connectivity index (χ0v) is 36.6. The molecule has 0 bridgehead atoms. The van der Waals surface area contributed by atoms with Crippen LogP contribution in [0.3, 0.4) is 0 Å². The van der Waals surface area contributed by atoms with E-state index in [0.717, 1.165) is 46.5 Å². The Morgan fingerprint density at radius 1 is 0.508 bits per heavy atom. The van der Waals surface area contributed by atoms with Gasteiger partial charge in [-0.3, -0.25) is 0 Å². The number of hydrogen-bond donors (Lipinski definition) is 1. The molecular formula is C57H61NO. The Bertz CT molecular complexity index is 2580. The van der Waals surface area contributed by atoms with Gasteiger partial charge in [0.1, 0.15) is 0 Å². The number of aliphatic hydroxyl groups excluding tert-OH is 1. The largest absolute Gasteiger partial charge is 0.400 e. The Labute approximate surface area is 354 Å². The summed E-state index contributed by atoms with van der Waals surface area (Å²) in [5.74, 6) is 0. The number of benzene rings is 7. The summed E-state index contributed by atoms with van der Waals surface area (Å²) >= 11 is 0. The van der Waals surface area contributed by atoms with E-state index in [1.807, 2.05) is 32.0 Å². The second-order valence-electron chi connectivity index (χ2n) is 14.2. The molecule has 0 heterocycles. The molecule has 0 atom stereocenters. The van der Waals surface area contributed by atoms with Crippen molar-refractivity contribution in [2.45, 2.75) is 55.4 Å². The molecule has 1 N–H and O–H groups in total. The van der Waals surface area contributed by atoms with Crippen LogP contribution in [-0.2, 0) is 0 Å². The van der Waals surface area contributed by atoms with Gasteiger partial charge in [-0.1, -0.05) is 184 Å². The summed E-state index contributed by atoms with van der Waals surface area (Å²) in [6.45, 7) is 25.4. The summed E-state index contributed by atoms with van der Waals surface area (Å²) in [6.07, 6.45) is 10.7. The average Bonchev–Trinajstić information content (AvgIpc) is 3.29. The van der Waals surface area contributed by atoms with E-state index in [9.17, 15) is 0 Å². The zero-order chi connectivity index (χ0) is 42.9. The molecule has 0 radical (unpaired) electrons. The fourth-order valence-electron chi connectivity index (χ4n) is 6.91. The lowest BCUT2D eigenvalue weighted by atomic mass is 9.94. The van der Waals surface area contributed by atoms with Crippen molar-refractivity contribution in [2.24, 2.45) is 0 Å². The van der Waals surface area contributed by atoms with Crippen molar-refractivity contribution < 1.29 is 5.11 Å². The van der Waals surface area contributed by atoms with Gasteiger partial charge in [-0.25, -0.2) is 0 Å². The van der Waals surface area contributed by atoms with Gasteiger partial charge in [-0.2, -0.15) is 0 Å². The smallest absolute Gasteiger partial charge is 0.0468 e. The quantitative estimate of drug-likeness (QED) is 0.117. The van der Waals surface area contributed by atoms with Gasteiger partial charge in [0.2, 0.25) is 0 Å². The molecule has 0 unspecified atom stereocenters. The van der Waals surface area contributed by atoms with Crippen LogP contribution < -0.4 is 4.90 Å². The van der Waals surface area contributed by atoms with Crippen LogP contribution >= 0.6 is 0 Å². The Balaban J connectivity index is 0.000000618. The first-order valence-corrected chi connectivity index (χ1v) is 20.5. The monoisotopic (exact) mass is 775 g/mol. The molecule has 7 aromatic carbocycles. The molecule has 7 rings (SSSR count). The first-order valence-electron chi connectivity index (χ1n) is 20.5. The third-order valence-electron chi connectivity index (χ3n) is 10.3. The predicted molar refractivity (Wildman–Crippen MR) is 263 cm³/mol. The number of rotatable bonds is 9. The summed E-state index contributed by atoms with van der Waals surface area (Å²) in [5.41, 5.74) is 12.5. The molecule has 7 aromatic rings. The number of nitrogens with zero attached hydrogens (tertiary/aromatic N) is 1. The van der Waals surface area contributed by atoms with Gasteiger partial charge >= 0.3 is 0 Å². The first-order chi connectivity index (χ1) is 28.7. The third kappa shape index (κ3) is 11.3. The molecule has 0 amide bonds. The van der Waals surface area contributed by atoms with Crippen molar-refractivity contribution in [3.05, 3.63) is 234 Å². The summed E-state index contributed by atoms with van der Waals surface area (Å²) in [7, 11) is 1.00. The van der Waals surface area contributed by atoms with Gasteiger partial charge in [-0.15, -0.1) is 0 Å². The molecule has 0 aliphatic carbocycles. The molecular weight excluding hydrogens is 715 g/mol. The van der Waals surface area contributed by atoms with Gasteiger partial charge in [0.15, 0.2) is 0 Å². The van der Waals surface area contributed by atoms with Crippen LogP contribution in [0.1, 0.15) is 56.9 Å². The standard InChI is InChI=1S/C47H43N.C7H8.C2H6.CH4O/c1-8-38(28-25-34(4)33(3)23-24-35(5)37(7)41-16-10-9-15-36(41)6)48(39-26-21-32(2)22-27-39)40-29-30-46-44-19-12-11-17-42(44)43-18-13-14-20-45(43)47(46)31-40;1-7-5-3-2-4-6-7;2*1-2/h8-31H,4,7H2,1-3,5-6H3;2-6H,1H3;1-2H3;2H,1H3/b28-25-,33-23+,35-24-,38-8+;;;. The molecule has 0 aliphatic rings. The van der Waals surface area contributed by atoms with E-state index in [0.29, 0.717) is 0 Å². The summed E-state index contributed by atoms with van der Waals surface area (Å²) < 4.78 is 0. The van der Waals surface area contributed by atoms with Gasteiger partial charge in [0.05, 0.1) is 0 Å². The van der Waals surface area contributed by atoms with E-state index in [1.165, 1.54) is 54.6 Å². The molecule has 0 aliphatic heterocycles. The Morgan fingerprint density at radius 3 is 1.49 bits per heavy atom. The minimum Gasteiger partial charge on any atom is -0.400 e. The Hall–Kier alpha value is -6.48. The van der Waals surface area contributed by atoms with E-state index in [2.05, 4.69) is 217 Å². The van der Waals surface area contributed by atoms with Crippen LogP contribution in [0.25, 0.3) is 37.9 Å². The van der Waals surface area contributed by atoms with Crippen molar-refractivity contribution in [3.8, 4) is 0 Å². The highest BCUT2D eigenvalue weighted by Gasteiger charge is 2.16. The van der Waals surface area contributed by atoms with Crippen molar-refractivity contribution in [1.82, 2.24) is 0 Å². The van der Waals surface area contributed by atoms with Crippen LogP contribution in [0, 0.1) is 20.8 Å². The normalized spacial score (nSPS) is 11.6. The molecule has 0 saturated carbocycles. The third-order valence-corrected chi connectivity index (χ3v) is 10.3. The van der Waals surface area contributed by atoms with Crippen molar-refractivity contribution in [1.29, 1.82) is 0 Å². The second kappa shape index (κ2) is 22.5. The van der Waals surface area contributed by atoms with E-state index >= 15 is 0 Å². The number of fused-ring (bicyclic) bond motifs is 6. The lowest BCUT2D eigenvalue weighted by Crippen LogP contribution is -2.15. The minimum atomic E-state index is 0.958. The van der Waals surface area contributed by atoms with Crippen molar-refractivity contribution in [3.63, 3.8) is 0 Å². The van der Waals surface area contributed by atoms with Crippen LogP contribution in [0.2, 0.25) is 0 Å². The fraction of sp³-hybridized carbons (Fsp3) is 0.158. The van der Waals surface area contributed by atoms with E-state index in [1.54, 1.807) is 0 Å². The molecule has 0 aromatic heterocycles. The molecule has 0 fully saturated rings. The van der Waals surface area contributed by atoms with Crippen LogP contribution in [0.15, 0.2) is 212 Å². The molecule has 59 heavy (non-hydrogen) atoms. The van der Waals surface area contributed by atoms with E-state index < -0.39 is 0 Å². The predicted octanol–water partition coefficient (Wildman–Crippen LogP) is 16.2. The topological polar surface area (TPSA) is 23.5 Å². The number of anilines is 2. The van der Waals surface area contributed by atoms with Gasteiger partial charge < -0.3 is 10.0 Å². The zero-order valence-electron chi connectivity index (χ0n) is 36.6. The van der Waals surface area contributed by atoms with Crippen molar-refractivity contribution in [2.75, 3.05) is 12.0 Å². The van der Waals surface area contributed by atoms with Crippen molar-refractivity contribution >= 4 is 49.3 Å². The molecule has 2 heteroatoms. The summed E-state index contributed by atoms with van der Waals surface area (Å²) in [6, 6.07) is 51.7. The highest BCUT2D eigenvalue weighted by molar-refractivity contribution is 6.25. The maximum absolute atomic E-state index is 7.00. The molecule has 0 spiro atoms. The molecule has 0 saturated heterocycles. The maximum atomic E-state index is 7.00. The number of hydrogen-bond acceptors (Lipinski definition) is 2. The van der Waals surface area contributed by atoms with Crippen LogP contribution in [0.4, 0.5) is 11.4 Å². The molecule has 2 nitrogen and oxygen atoms in total. The lowest BCUT2D eigenvalue weighted by molar-refractivity contribution is 0.399. The molecule has 300 valence electrons. The summed E-state index contributed by atoms with van der Waals surface area (Å²) in [4.78, 5) is 2.34. The lowest BCUT2D eigenvalue weighted by Gasteiger charge is -2.27. The minimum absolute atomic E-state index is 0.958. The van der Waals surface area contributed by atoms with E-state index in [-0.39, 0.29) is 0 Å². The number of aliphatic hydroxyl groups is 1. The Kier molecular flexibility index (Phi) is 17.2. The number of aryl methyl sites for hydroxylation is 3. The van der Waals surface area contributed by atoms with Gasteiger partial charge in [0.25, 0.3) is 0 Å². The SMILES string of the molecule is C=C(/C=C\C(=C/C)N(c1ccc(C)cc1)c1ccc2c3ccccc3c3ccccc3c2c1)/C(C)=C/C=C(/C)C(=C)c1ccccc1C.CC.CO.Cc1ccccc1. The van der Waals surface area contributed by atoms with Gasteiger partial charge in [-0.05, 0) is 138 Å². The maximum Gasteiger partial charge on any atom is 0.0468 e. The summed E-state index contributed by atoms with van der Waals surface area (Å²) in [5, 5.41) is 14.6. The van der Waals surface area contributed by atoms with Gasteiger partial charge in [0, 0.05) is 24.2 Å². The average molecular weight is 776 g/mol. The highest BCUT2D eigenvalue weighted by atomic mass is 16.2. The van der Waals surface area contributed by atoms with Crippen LogP contribution in [-0.4, -0.2) is 12.2 Å². The van der Waals surface area contributed by atoms with E-state index in [4.69, 9.17) is 5.11 Å². The Morgan fingerprint density at radius 2 is 0.966 bits per heavy atom. The number of allylic oxidation sites excluding steroid dienone is 9. The second-order valence-corrected chi connectivity index (χ2v) is 14.2. The first kappa shape index (κ1) is 45.2. The highest BCUT2D eigenvalue weighted by Crippen LogP contribution is 2.39.